The van der Waals surface area contributed by atoms with Crippen molar-refractivity contribution in [3.63, 3.8) is 0 Å². The Morgan fingerprint density at radius 1 is 0.972 bits per heavy atom. The molecule has 4 rings (SSSR count). The molecule has 2 atom stereocenters. The summed E-state index contributed by atoms with van der Waals surface area (Å²) in [6.07, 6.45) is -9.37. The van der Waals surface area contributed by atoms with Gasteiger partial charge in [-0.1, -0.05) is 48.5 Å². The standard InChI is InChI=1S/C26H23F4NO5/c27-22-10-9-15(36-26(28,29)30)13-20(22)24(33)23(32)11-12-31-25(34)35-14-21-18-7-3-1-5-16(18)17-6-2-4-8-19(17)21/h1-10,13,21,23-24,32-33H,11-12,14H2,(H,31,34). The number of hydrogen-bond acceptors (Lipinski definition) is 5. The predicted molar refractivity (Wildman–Crippen MR) is 122 cm³/mol. The van der Waals surface area contributed by atoms with Crippen LogP contribution in [0.3, 0.4) is 0 Å². The molecule has 0 fully saturated rings. The number of nitrogens with one attached hydrogen (secondary N) is 1. The van der Waals surface area contributed by atoms with Gasteiger partial charge in [0, 0.05) is 18.0 Å². The van der Waals surface area contributed by atoms with Gasteiger partial charge in [0.25, 0.3) is 0 Å². The van der Waals surface area contributed by atoms with E-state index in [2.05, 4.69) is 10.1 Å². The molecular formula is C26H23F4NO5. The van der Waals surface area contributed by atoms with Crippen molar-refractivity contribution in [3.05, 3.63) is 89.2 Å². The number of amides is 1. The van der Waals surface area contributed by atoms with E-state index in [0.717, 1.165) is 28.3 Å². The number of halogens is 4. The van der Waals surface area contributed by atoms with Gasteiger partial charge in [0.1, 0.15) is 24.3 Å². The molecule has 1 aliphatic carbocycles. The summed E-state index contributed by atoms with van der Waals surface area (Å²) in [6.45, 7) is -0.0441. The lowest BCUT2D eigenvalue weighted by Crippen LogP contribution is -2.31. The second kappa shape index (κ2) is 10.5. The predicted octanol–water partition coefficient (Wildman–Crippen LogP) is 5.05. The summed E-state index contributed by atoms with van der Waals surface area (Å²) in [5.74, 6) is -1.88. The first-order valence-corrected chi connectivity index (χ1v) is 11.1. The Hall–Kier alpha value is -3.63. The van der Waals surface area contributed by atoms with Gasteiger partial charge in [-0.05, 0) is 46.9 Å². The number of benzene rings is 3. The number of aliphatic hydroxyl groups excluding tert-OH is 2. The first-order valence-electron chi connectivity index (χ1n) is 11.1. The highest BCUT2D eigenvalue weighted by Crippen LogP contribution is 2.44. The van der Waals surface area contributed by atoms with E-state index in [-0.39, 0.29) is 25.5 Å². The summed E-state index contributed by atoms with van der Waals surface area (Å²) in [4.78, 5) is 12.2. The monoisotopic (exact) mass is 505 g/mol. The van der Waals surface area contributed by atoms with Crippen LogP contribution >= 0.6 is 0 Å². The van der Waals surface area contributed by atoms with Gasteiger partial charge in [-0.25, -0.2) is 9.18 Å². The maximum atomic E-state index is 14.0. The highest BCUT2D eigenvalue weighted by molar-refractivity contribution is 5.79. The molecule has 6 nitrogen and oxygen atoms in total. The Kier molecular flexibility index (Phi) is 7.46. The van der Waals surface area contributed by atoms with E-state index in [1.54, 1.807) is 0 Å². The van der Waals surface area contributed by atoms with Crippen molar-refractivity contribution in [2.45, 2.75) is 30.9 Å². The summed E-state index contributed by atoms with van der Waals surface area (Å²) < 4.78 is 60.3. The molecule has 0 radical (unpaired) electrons. The van der Waals surface area contributed by atoms with Crippen LogP contribution in [0.5, 0.6) is 5.75 Å². The average molecular weight is 505 g/mol. The van der Waals surface area contributed by atoms with Crippen molar-refractivity contribution < 1.29 is 42.0 Å². The number of ether oxygens (including phenoxy) is 2. The van der Waals surface area contributed by atoms with Crippen molar-refractivity contribution in [1.82, 2.24) is 5.32 Å². The van der Waals surface area contributed by atoms with E-state index in [9.17, 15) is 32.6 Å². The van der Waals surface area contributed by atoms with Gasteiger partial charge in [-0.3, -0.25) is 0 Å². The number of aliphatic hydroxyl groups is 2. The molecule has 0 bridgehead atoms. The summed E-state index contributed by atoms with van der Waals surface area (Å²) in [6, 6.07) is 17.8. The number of rotatable bonds is 8. The van der Waals surface area contributed by atoms with E-state index in [1.165, 1.54) is 0 Å². The van der Waals surface area contributed by atoms with E-state index in [4.69, 9.17) is 4.74 Å². The van der Waals surface area contributed by atoms with Crippen LogP contribution in [0.25, 0.3) is 11.1 Å². The van der Waals surface area contributed by atoms with Crippen molar-refractivity contribution >= 4 is 6.09 Å². The molecule has 0 saturated carbocycles. The van der Waals surface area contributed by atoms with E-state index >= 15 is 0 Å². The molecule has 36 heavy (non-hydrogen) atoms. The number of alkyl halides is 3. The quantitative estimate of drug-likeness (QED) is 0.373. The number of carbonyl (C=O) groups is 1. The van der Waals surface area contributed by atoms with Crippen LogP contribution in [-0.2, 0) is 4.74 Å². The van der Waals surface area contributed by atoms with Crippen LogP contribution in [0.1, 0.15) is 35.1 Å². The average Bonchev–Trinajstić information content (AvgIpc) is 3.16. The molecule has 3 aromatic rings. The normalized spacial score (nSPS) is 14.5. The Morgan fingerprint density at radius 3 is 2.19 bits per heavy atom. The Morgan fingerprint density at radius 2 is 1.58 bits per heavy atom. The lowest BCUT2D eigenvalue weighted by molar-refractivity contribution is -0.274. The van der Waals surface area contributed by atoms with Crippen LogP contribution in [0.4, 0.5) is 22.4 Å². The van der Waals surface area contributed by atoms with Crippen molar-refractivity contribution in [1.29, 1.82) is 0 Å². The van der Waals surface area contributed by atoms with Gasteiger partial charge in [-0.2, -0.15) is 0 Å². The second-order valence-electron chi connectivity index (χ2n) is 8.28. The van der Waals surface area contributed by atoms with Gasteiger partial charge in [0.2, 0.25) is 0 Å². The lowest BCUT2D eigenvalue weighted by atomic mass is 9.98. The summed E-state index contributed by atoms with van der Waals surface area (Å²) in [7, 11) is 0. The third-order valence-corrected chi connectivity index (χ3v) is 5.94. The zero-order valence-electron chi connectivity index (χ0n) is 18.8. The molecule has 10 heteroatoms. The van der Waals surface area contributed by atoms with Crippen LogP contribution in [0.2, 0.25) is 0 Å². The molecule has 1 aliphatic rings. The maximum Gasteiger partial charge on any atom is 0.573 e. The zero-order chi connectivity index (χ0) is 25.9. The van der Waals surface area contributed by atoms with E-state index in [1.807, 2.05) is 48.5 Å². The van der Waals surface area contributed by atoms with Crippen molar-refractivity contribution in [2.24, 2.45) is 0 Å². The highest BCUT2D eigenvalue weighted by Gasteiger charge is 2.32. The van der Waals surface area contributed by atoms with Gasteiger partial charge < -0.3 is 25.0 Å². The van der Waals surface area contributed by atoms with Crippen LogP contribution in [0.15, 0.2) is 66.7 Å². The smallest absolute Gasteiger partial charge is 0.449 e. The Balaban J connectivity index is 1.29. The number of carbonyl (C=O) groups excluding carboxylic acids is 1. The Bertz CT molecular complexity index is 1190. The second-order valence-corrected chi connectivity index (χ2v) is 8.28. The topological polar surface area (TPSA) is 88.0 Å². The van der Waals surface area contributed by atoms with Crippen molar-refractivity contribution in [2.75, 3.05) is 13.2 Å². The fraction of sp³-hybridized carbons (Fsp3) is 0.269. The molecule has 190 valence electrons. The third-order valence-electron chi connectivity index (χ3n) is 5.94. The van der Waals surface area contributed by atoms with E-state index < -0.39 is 41.8 Å². The molecular weight excluding hydrogens is 482 g/mol. The van der Waals surface area contributed by atoms with E-state index in [0.29, 0.717) is 12.1 Å². The van der Waals surface area contributed by atoms with Gasteiger partial charge in [0.15, 0.2) is 0 Å². The molecule has 3 aromatic carbocycles. The number of hydrogen-bond donors (Lipinski definition) is 3. The summed E-state index contributed by atoms with van der Waals surface area (Å²) in [5, 5.41) is 22.9. The van der Waals surface area contributed by atoms with Gasteiger partial charge in [0.05, 0.1) is 6.10 Å². The number of fused-ring (bicyclic) bond motifs is 3. The molecule has 3 N–H and O–H groups in total. The third kappa shape index (κ3) is 5.77. The summed E-state index contributed by atoms with van der Waals surface area (Å²) >= 11 is 0. The minimum Gasteiger partial charge on any atom is -0.449 e. The first-order chi connectivity index (χ1) is 17.1. The molecule has 1 amide bonds. The minimum absolute atomic E-state index is 0.0856. The molecule has 0 saturated heterocycles. The molecule has 0 aliphatic heterocycles. The fourth-order valence-electron chi connectivity index (χ4n) is 4.28. The molecule has 0 heterocycles. The Labute approximate surface area is 204 Å². The van der Waals surface area contributed by atoms with Gasteiger partial charge >= 0.3 is 12.5 Å². The van der Waals surface area contributed by atoms with Crippen LogP contribution in [-0.4, -0.2) is 41.9 Å². The SMILES string of the molecule is O=C(NCCC(O)C(O)c1cc(OC(F)(F)F)ccc1F)OCC1c2ccccc2-c2ccccc21. The first kappa shape index (κ1) is 25.5. The van der Waals surface area contributed by atoms with Crippen LogP contribution < -0.4 is 10.1 Å². The van der Waals surface area contributed by atoms with Crippen molar-refractivity contribution in [3.8, 4) is 16.9 Å². The van der Waals surface area contributed by atoms with Crippen LogP contribution in [0, 0.1) is 5.82 Å². The lowest BCUT2D eigenvalue weighted by Gasteiger charge is -2.20. The molecule has 0 spiro atoms. The zero-order valence-corrected chi connectivity index (χ0v) is 18.8. The molecule has 0 aromatic heterocycles. The van der Waals surface area contributed by atoms with Gasteiger partial charge in [-0.15, -0.1) is 13.2 Å². The summed E-state index contributed by atoms with van der Waals surface area (Å²) in [5.41, 5.74) is 3.69. The largest absolute Gasteiger partial charge is 0.573 e. The minimum atomic E-state index is -4.99. The molecule has 2 unspecified atom stereocenters. The fourth-order valence-corrected chi connectivity index (χ4v) is 4.28. The number of alkyl carbamates (subject to hydrolysis) is 1. The highest BCUT2D eigenvalue weighted by atomic mass is 19.4. The maximum absolute atomic E-state index is 14.0.